The van der Waals surface area contributed by atoms with Gasteiger partial charge in [0.15, 0.2) is 11.9 Å². The third-order valence-electron chi connectivity index (χ3n) is 21.4. The van der Waals surface area contributed by atoms with Crippen LogP contribution in [0.3, 0.4) is 0 Å². The molecule has 2 aliphatic rings. The number of carbonyl (C=O) groups excluding carboxylic acids is 17. The smallest absolute Gasteiger partial charge is 0.245 e. The summed E-state index contributed by atoms with van der Waals surface area (Å²) in [6.07, 6.45) is -1.04. The number of aliphatic imine (C=N–C) groups is 2. The van der Waals surface area contributed by atoms with E-state index in [4.69, 9.17) is 40.1 Å². The summed E-state index contributed by atoms with van der Waals surface area (Å²) >= 11 is 0. The Labute approximate surface area is 736 Å². The largest absolute Gasteiger partial charge is 0.508 e. The maximum Gasteiger partial charge on any atom is 0.245 e. The van der Waals surface area contributed by atoms with Crippen LogP contribution in [0.5, 0.6) is 5.75 Å². The predicted molar refractivity (Wildman–Crippen MR) is 468 cm³/mol. The van der Waals surface area contributed by atoms with Crippen LogP contribution in [-0.4, -0.2) is 251 Å². The summed E-state index contributed by atoms with van der Waals surface area (Å²) in [5.74, 6) is -16.4. The first-order valence-electron chi connectivity index (χ1n) is 43.5. The second-order valence-electron chi connectivity index (χ2n) is 34.4. The van der Waals surface area contributed by atoms with E-state index in [-0.39, 0.29) is 163 Å². The molecule has 0 saturated carbocycles. The average Bonchev–Trinajstić information content (AvgIpc) is 1.67. The molecule has 2 saturated heterocycles. The number of phenolic OH excluding ortho intramolecular Hbond substituents is 1. The molecule has 17 amide bonds. The zero-order valence-electron chi connectivity index (χ0n) is 75.1. The molecule has 1 unspecified atom stereocenters. The van der Waals surface area contributed by atoms with Gasteiger partial charge in [-0.05, 0) is 131 Å². The first kappa shape index (κ1) is 109. The quantitative estimate of drug-likeness (QED) is 0.0166. The fourth-order valence-corrected chi connectivity index (χ4v) is 14.1. The molecule has 1 aromatic carbocycles. The minimum Gasteiger partial charge on any atom is -0.508 e. The number of benzene rings is 1. The molecule has 2 fully saturated rings. The molecule has 43 heteroatoms. The van der Waals surface area contributed by atoms with Crippen LogP contribution in [0, 0.1) is 35.5 Å². The van der Waals surface area contributed by atoms with Crippen molar-refractivity contribution in [2.24, 2.45) is 85.6 Å². The molecule has 126 heavy (non-hydrogen) atoms. The Kier molecular flexibility index (Phi) is 47.5. The minimum absolute atomic E-state index is 0.0159. The Morgan fingerprint density at radius 3 is 1.57 bits per heavy atom. The van der Waals surface area contributed by atoms with E-state index in [1.54, 1.807) is 69.2 Å². The van der Waals surface area contributed by atoms with Crippen molar-refractivity contribution < 1.29 is 91.7 Å². The van der Waals surface area contributed by atoms with Crippen molar-refractivity contribution in [3.05, 3.63) is 29.8 Å². The molecular formula is C83H142N24O19. The second-order valence-corrected chi connectivity index (χ2v) is 34.4. The number of β-amino-alcohol motifs (C(OH)–C–C–N with tert-alkyl or cyclic N) is 1. The number of hydrogen-bond acceptors (Lipinski definition) is 22. The van der Waals surface area contributed by atoms with Gasteiger partial charge in [-0.1, -0.05) is 114 Å². The van der Waals surface area contributed by atoms with Crippen LogP contribution in [0.2, 0.25) is 0 Å². The van der Waals surface area contributed by atoms with Gasteiger partial charge in [-0.2, -0.15) is 0 Å². The predicted octanol–water partition coefficient (Wildman–Crippen LogP) is -4.61. The number of aliphatic hydroxyl groups excluding tert-OH is 1. The van der Waals surface area contributed by atoms with Gasteiger partial charge >= 0.3 is 0 Å². The Morgan fingerprint density at radius 2 is 1.05 bits per heavy atom. The van der Waals surface area contributed by atoms with Crippen molar-refractivity contribution in [3.63, 3.8) is 0 Å². The molecule has 0 aliphatic carbocycles. The number of carbonyl (C=O) groups is 17. The first-order chi connectivity index (χ1) is 59.1. The second kappa shape index (κ2) is 55.1. The van der Waals surface area contributed by atoms with Gasteiger partial charge in [0.05, 0.1) is 24.6 Å². The van der Waals surface area contributed by atoms with E-state index < -0.39 is 210 Å². The number of nitrogens with zero attached hydrogens (tertiary/aromatic N) is 3. The number of nitrogens with two attached hydrogens (primary N) is 7. The molecule has 43 nitrogen and oxygen atoms in total. The number of hydrogen-bond donors (Lipinski definition) is 23. The van der Waals surface area contributed by atoms with Crippen LogP contribution in [-0.2, 0) is 87.9 Å². The molecule has 708 valence electrons. The Hall–Kier alpha value is -11.5. The number of phenols is 1. The molecule has 1 aromatic rings. The van der Waals surface area contributed by atoms with Crippen molar-refractivity contribution in [2.75, 3.05) is 32.7 Å². The number of likely N-dealkylation sites (tertiary alicyclic amines) is 1. The fourth-order valence-electron chi connectivity index (χ4n) is 14.1. The molecule has 0 aromatic heterocycles. The van der Waals surface area contributed by atoms with Crippen molar-refractivity contribution in [1.29, 1.82) is 0 Å². The van der Waals surface area contributed by atoms with Gasteiger partial charge in [0, 0.05) is 58.4 Å². The molecular weight excluding hydrogens is 1640 g/mol. The summed E-state index contributed by atoms with van der Waals surface area (Å²) in [7, 11) is 0. The van der Waals surface area contributed by atoms with E-state index in [0.29, 0.717) is 31.2 Å². The molecule has 17 atom stereocenters. The van der Waals surface area contributed by atoms with Crippen LogP contribution >= 0.6 is 0 Å². The third-order valence-corrected chi connectivity index (χ3v) is 21.4. The van der Waals surface area contributed by atoms with Gasteiger partial charge in [0.2, 0.25) is 100 Å². The topological polar surface area (TPSA) is 709 Å². The van der Waals surface area contributed by atoms with Crippen molar-refractivity contribution in [3.8, 4) is 5.75 Å². The van der Waals surface area contributed by atoms with E-state index in [2.05, 4.69) is 84.4 Å². The third kappa shape index (κ3) is 39.8. The SMILES string of the molecule is CC[C@H](C)[C@H](NC(=O)[C@H](Cc1ccc(O)cc1)NC(=O)[C@@H]1C[C@@H](O)CN1C(=O)[C@H](C)NC(=O)[C@H](CC(C)C)NC(=O)CCCCCNC(=O)[C@H](CCC(N)=O)NC(=O)[C@H](CC(C)C)NC(=O)[C@H](CC(C)C)NC(=O)[C@H](CCCN=C(N)N)NC(=O)[C@@H]1CNC(=O)C(N[C@@H](CCCN=C(N)N)C(N)=O)CC(=O)N[C@@H]([C@@H](C)CC)C(=O)N[C@@H](CC(C)C)C(=O)N1)C(N)=O. The number of primary amides is 3. The first-order valence-corrected chi connectivity index (χ1v) is 43.5. The highest BCUT2D eigenvalue weighted by molar-refractivity contribution is 6.00. The number of aromatic hydroxyl groups is 1. The number of aliphatic hydroxyl groups is 1. The average molecular weight is 1780 g/mol. The Bertz CT molecular complexity index is 3900. The summed E-state index contributed by atoms with van der Waals surface area (Å²) in [5, 5.41) is 58.3. The molecule has 2 aliphatic heterocycles. The van der Waals surface area contributed by atoms with Gasteiger partial charge in [-0.25, -0.2) is 0 Å². The fraction of sp³-hybridized carbons (Fsp3) is 0.699. The van der Waals surface area contributed by atoms with Crippen molar-refractivity contribution in [1.82, 2.24) is 79.3 Å². The lowest BCUT2D eigenvalue weighted by atomic mass is 9.96. The highest BCUT2D eigenvalue weighted by atomic mass is 16.3. The summed E-state index contributed by atoms with van der Waals surface area (Å²) in [4.78, 5) is 246. The number of guanidine groups is 2. The van der Waals surface area contributed by atoms with Crippen LogP contribution in [0.15, 0.2) is 34.3 Å². The maximum absolute atomic E-state index is 14.9. The lowest BCUT2D eigenvalue weighted by Crippen LogP contribution is -2.63. The highest BCUT2D eigenvalue weighted by Gasteiger charge is 2.44. The maximum atomic E-state index is 14.9. The highest BCUT2D eigenvalue weighted by Crippen LogP contribution is 2.23. The lowest BCUT2D eigenvalue weighted by Gasteiger charge is -2.31. The van der Waals surface area contributed by atoms with Crippen LogP contribution in [0.4, 0.5) is 0 Å². The standard InChI is InChI=1S/C83H142N24O19/c1-14-46(11)66(69(86)114)106-77(122)59(37-49-24-26-50(108)27-25-49)102-79(124)62-38-51(109)41-107(62)81(126)48(13)95-73(118)55(33-42(3)4)97-64(111)23-17-16-18-30-91-70(115)54(28-29-63(84)110)99-74(119)56(34-43(5)6)101-75(120)57(35-44(7)8)100-72(117)53(22-20-32-93-83(89)90)98-78(123)61-40-94-71(116)60(96-52(68(85)113)21-19-31-92-82(87)88)39-65(112)105-67(47(12)15-2)80(125)103-58(36-45(9)10)76(121)104-61/h24-27,42-48,51-62,66-67,96,108-109H,14-23,28-41H2,1-13H3,(H2,84,110)(H2,85,113)(H2,86,114)(H,91,115)(H,94,116)(H,95,118)(H,97,111)(H,98,123)(H,99,119)(H,100,117)(H,101,120)(H,102,124)(H,103,125)(H,104,121)(H,105,112)(H,106,122)(H4,87,88,92)(H4,89,90,93)/t46-,47-,48-,51+,52-,53-,54-,55-,56-,57-,58-,59-,60?,61-,62-,66-,67-/m0/s1. The number of nitrogens with one attached hydrogen (secondary N) is 14. The van der Waals surface area contributed by atoms with Gasteiger partial charge < -0.3 is 124 Å². The van der Waals surface area contributed by atoms with Crippen LogP contribution in [0.25, 0.3) is 0 Å². The Balaban J connectivity index is 1.82. The van der Waals surface area contributed by atoms with E-state index in [1.807, 2.05) is 13.8 Å². The van der Waals surface area contributed by atoms with E-state index in [9.17, 15) is 91.7 Å². The van der Waals surface area contributed by atoms with Gasteiger partial charge in [0.25, 0.3) is 0 Å². The normalized spacial score (nSPS) is 19.5. The number of amides is 17. The molecule has 2 heterocycles. The van der Waals surface area contributed by atoms with Gasteiger partial charge in [-0.3, -0.25) is 96.8 Å². The van der Waals surface area contributed by atoms with Crippen molar-refractivity contribution >= 4 is 112 Å². The van der Waals surface area contributed by atoms with E-state index >= 15 is 0 Å². The van der Waals surface area contributed by atoms with E-state index in [0.717, 1.165) is 4.90 Å². The molecule has 0 radical (unpaired) electrons. The molecule has 0 spiro atoms. The van der Waals surface area contributed by atoms with Gasteiger partial charge in [0.1, 0.15) is 78.3 Å². The zero-order valence-corrected chi connectivity index (χ0v) is 75.1. The van der Waals surface area contributed by atoms with Crippen LogP contribution in [0.1, 0.15) is 211 Å². The molecule has 30 N–H and O–H groups in total. The molecule has 0 bridgehead atoms. The lowest BCUT2D eigenvalue weighted by molar-refractivity contribution is -0.142. The molecule has 3 rings (SSSR count). The summed E-state index contributed by atoms with van der Waals surface area (Å²) < 4.78 is 0. The monoisotopic (exact) mass is 1780 g/mol. The van der Waals surface area contributed by atoms with E-state index in [1.165, 1.54) is 31.2 Å². The zero-order chi connectivity index (χ0) is 94.9. The Morgan fingerprint density at radius 1 is 0.524 bits per heavy atom. The minimum atomic E-state index is -1.75. The number of unbranched alkanes of at least 4 members (excludes halogenated alkanes) is 2. The number of rotatable bonds is 52. The van der Waals surface area contributed by atoms with Gasteiger partial charge in [-0.15, -0.1) is 0 Å². The summed E-state index contributed by atoms with van der Waals surface area (Å²) in [6, 6.07) is -13.2. The van der Waals surface area contributed by atoms with Crippen molar-refractivity contribution in [2.45, 2.75) is 303 Å². The summed E-state index contributed by atoms with van der Waals surface area (Å²) in [5.41, 5.74) is 39.7. The summed E-state index contributed by atoms with van der Waals surface area (Å²) in [6.45, 7) is 21.6. The van der Waals surface area contributed by atoms with Crippen LogP contribution < -0.4 is 115 Å².